The van der Waals surface area contributed by atoms with Crippen molar-refractivity contribution in [3.63, 3.8) is 0 Å². The van der Waals surface area contributed by atoms with E-state index in [-0.39, 0.29) is 15.9 Å². The summed E-state index contributed by atoms with van der Waals surface area (Å²) in [7, 11) is -3.66. The number of nitrogens with two attached hydrogens (primary N) is 1. The smallest absolute Gasteiger partial charge is 0.253 e. The monoisotopic (exact) mass is 235 g/mol. The van der Waals surface area contributed by atoms with Gasteiger partial charge in [0.25, 0.3) is 5.16 Å². The third-order valence-electron chi connectivity index (χ3n) is 1.95. The van der Waals surface area contributed by atoms with Gasteiger partial charge in [0.1, 0.15) is 5.82 Å². The molecule has 2 aromatic rings. The second-order valence-electron chi connectivity index (χ2n) is 3.08. The number of benzene rings is 1. The molecule has 0 atom stereocenters. The van der Waals surface area contributed by atoms with Gasteiger partial charge in [-0.05, 0) is 18.2 Å². The highest BCUT2D eigenvalue weighted by Gasteiger charge is 2.20. The van der Waals surface area contributed by atoms with Gasteiger partial charge in [-0.15, -0.1) is 0 Å². The zero-order valence-electron chi connectivity index (χ0n) is 8.24. The van der Waals surface area contributed by atoms with Gasteiger partial charge in [-0.2, -0.15) is 0 Å². The molecule has 0 aliphatic heterocycles. The van der Waals surface area contributed by atoms with Gasteiger partial charge in [0.05, 0.1) is 4.90 Å². The number of hydrogen-bond acceptors (Lipinski definition) is 5. The maximum absolute atomic E-state index is 12.0. The molecule has 1 heterocycles. The minimum atomic E-state index is -3.66. The van der Waals surface area contributed by atoms with Crippen LogP contribution < -0.4 is 5.73 Å². The van der Waals surface area contributed by atoms with Crippen molar-refractivity contribution in [3.8, 4) is 0 Å². The summed E-state index contributed by atoms with van der Waals surface area (Å²) < 4.78 is 24.0. The molecular formula is C10H9N3O2S. The van der Waals surface area contributed by atoms with E-state index in [1.807, 2.05) is 0 Å². The second kappa shape index (κ2) is 3.90. The SMILES string of the molecule is Nc1ccnc(S(=O)(=O)c2ccccc2)n1. The minimum Gasteiger partial charge on any atom is -0.384 e. The van der Waals surface area contributed by atoms with Crippen LogP contribution >= 0.6 is 0 Å². The third-order valence-corrected chi connectivity index (χ3v) is 3.52. The summed E-state index contributed by atoms with van der Waals surface area (Å²) in [6.07, 6.45) is 1.32. The largest absolute Gasteiger partial charge is 0.384 e. The Kier molecular flexibility index (Phi) is 2.57. The molecule has 5 nitrogen and oxygen atoms in total. The Bertz CT molecular complexity index is 596. The maximum Gasteiger partial charge on any atom is 0.253 e. The Balaban J connectivity index is 2.56. The molecule has 0 spiro atoms. The average molecular weight is 235 g/mol. The number of sulfone groups is 1. The molecule has 2 rings (SSSR count). The van der Waals surface area contributed by atoms with Crippen LogP contribution in [0.1, 0.15) is 0 Å². The van der Waals surface area contributed by atoms with Crippen LogP contribution in [-0.4, -0.2) is 18.4 Å². The summed E-state index contributed by atoms with van der Waals surface area (Å²) in [6, 6.07) is 9.42. The van der Waals surface area contributed by atoms with Crippen LogP contribution in [0.25, 0.3) is 0 Å². The van der Waals surface area contributed by atoms with E-state index in [1.54, 1.807) is 18.2 Å². The Morgan fingerprint density at radius 2 is 1.75 bits per heavy atom. The van der Waals surface area contributed by atoms with Gasteiger partial charge in [0, 0.05) is 6.20 Å². The summed E-state index contributed by atoms with van der Waals surface area (Å²) in [5.41, 5.74) is 5.42. The van der Waals surface area contributed by atoms with Crippen molar-refractivity contribution in [2.24, 2.45) is 0 Å². The molecular weight excluding hydrogens is 226 g/mol. The summed E-state index contributed by atoms with van der Waals surface area (Å²) in [5.74, 6) is 0.129. The third kappa shape index (κ3) is 1.87. The van der Waals surface area contributed by atoms with Gasteiger partial charge in [-0.3, -0.25) is 0 Å². The lowest BCUT2D eigenvalue weighted by Crippen LogP contribution is -2.08. The fraction of sp³-hybridized carbons (Fsp3) is 0. The van der Waals surface area contributed by atoms with Gasteiger partial charge in [-0.1, -0.05) is 18.2 Å². The van der Waals surface area contributed by atoms with E-state index < -0.39 is 9.84 Å². The molecule has 0 saturated heterocycles. The van der Waals surface area contributed by atoms with Crippen LogP contribution in [0.5, 0.6) is 0 Å². The lowest BCUT2D eigenvalue weighted by molar-refractivity contribution is 0.587. The minimum absolute atomic E-state index is 0.129. The van der Waals surface area contributed by atoms with E-state index in [1.165, 1.54) is 24.4 Å². The fourth-order valence-electron chi connectivity index (χ4n) is 1.19. The highest BCUT2D eigenvalue weighted by atomic mass is 32.2. The van der Waals surface area contributed by atoms with Crippen molar-refractivity contribution >= 4 is 15.7 Å². The first-order valence-electron chi connectivity index (χ1n) is 4.49. The maximum atomic E-state index is 12.0. The van der Waals surface area contributed by atoms with Crippen molar-refractivity contribution in [1.82, 2.24) is 9.97 Å². The number of hydrogen-bond donors (Lipinski definition) is 1. The van der Waals surface area contributed by atoms with E-state index in [0.29, 0.717) is 0 Å². The van der Waals surface area contributed by atoms with Crippen LogP contribution in [-0.2, 0) is 9.84 Å². The second-order valence-corrected chi connectivity index (χ2v) is 4.92. The highest BCUT2D eigenvalue weighted by molar-refractivity contribution is 7.91. The zero-order valence-corrected chi connectivity index (χ0v) is 9.05. The van der Waals surface area contributed by atoms with Crippen LogP contribution in [0.2, 0.25) is 0 Å². The molecule has 0 aliphatic rings. The van der Waals surface area contributed by atoms with Crippen LogP contribution in [0, 0.1) is 0 Å². The standard InChI is InChI=1S/C10H9N3O2S/c11-9-6-7-12-10(13-9)16(14,15)8-4-2-1-3-5-8/h1-7H,(H2,11,12,13). The number of rotatable bonds is 2. The normalized spacial score (nSPS) is 11.2. The molecule has 0 aliphatic carbocycles. The molecule has 1 aromatic heterocycles. The number of nitrogens with zero attached hydrogens (tertiary/aromatic N) is 2. The molecule has 0 amide bonds. The number of aromatic nitrogens is 2. The molecule has 0 unspecified atom stereocenters. The zero-order chi connectivity index (χ0) is 11.6. The van der Waals surface area contributed by atoms with Crippen molar-refractivity contribution in [3.05, 3.63) is 42.6 Å². The lowest BCUT2D eigenvalue weighted by atomic mass is 10.4. The summed E-state index contributed by atoms with van der Waals surface area (Å²) in [6.45, 7) is 0. The van der Waals surface area contributed by atoms with Gasteiger partial charge < -0.3 is 5.73 Å². The van der Waals surface area contributed by atoms with Gasteiger partial charge >= 0.3 is 0 Å². The van der Waals surface area contributed by atoms with Crippen molar-refractivity contribution in [2.45, 2.75) is 10.1 Å². The number of anilines is 1. The average Bonchev–Trinajstić information content (AvgIpc) is 2.30. The van der Waals surface area contributed by atoms with Crippen molar-refractivity contribution in [1.29, 1.82) is 0 Å². The Morgan fingerprint density at radius 1 is 1.06 bits per heavy atom. The summed E-state index contributed by atoms with van der Waals surface area (Å²) >= 11 is 0. The highest BCUT2D eigenvalue weighted by Crippen LogP contribution is 2.16. The van der Waals surface area contributed by atoms with Gasteiger partial charge in [-0.25, -0.2) is 18.4 Å². The first kappa shape index (κ1) is 10.6. The van der Waals surface area contributed by atoms with E-state index >= 15 is 0 Å². The molecule has 6 heteroatoms. The van der Waals surface area contributed by atoms with Crippen LogP contribution in [0.4, 0.5) is 5.82 Å². The van der Waals surface area contributed by atoms with Crippen molar-refractivity contribution < 1.29 is 8.42 Å². The first-order chi connectivity index (χ1) is 7.60. The molecule has 1 aromatic carbocycles. The van der Waals surface area contributed by atoms with E-state index in [9.17, 15) is 8.42 Å². The molecule has 0 saturated carbocycles. The van der Waals surface area contributed by atoms with Crippen LogP contribution in [0.15, 0.2) is 52.6 Å². The molecule has 0 radical (unpaired) electrons. The first-order valence-corrected chi connectivity index (χ1v) is 5.98. The molecule has 16 heavy (non-hydrogen) atoms. The summed E-state index contributed by atoms with van der Waals surface area (Å²) in [4.78, 5) is 7.56. The fourth-order valence-corrected chi connectivity index (χ4v) is 2.34. The van der Waals surface area contributed by atoms with E-state index in [4.69, 9.17) is 5.73 Å². The predicted octanol–water partition coefficient (Wildman–Crippen LogP) is 0.892. The van der Waals surface area contributed by atoms with Crippen molar-refractivity contribution in [2.75, 3.05) is 5.73 Å². The van der Waals surface area contributed by atoms with Gasteiger partial charge in [0.15, 0.2) is 0 Å². The van der Waals surface area contributed by atoms with E-state index in [0.717, 1.165) is 0 Å². The quantitative estimate of drug-likeness (QED) is 0.781. The molecule has 0 fully saturated rings. The molecule has 0 bridgehead atoms. The summed E-state index contributed by atoms with van der Waals surface area (Å²) in [5, 5.41) is -0.279. The van der Waals surface area contributed by atoms with E-state index in [2.05, 4.69) is 9.97 Å². The Morgan fingerprint density at radius 3 is 2.38 bits per heavy atom. The Hall–Kier alpha value is -1.95. The van der Waals surface area contributed by atoms with Gasteiger partial charge in [0.2, 0.25) is 9.84 Å². The molecule has 2 N–H and O–H groups in total. The number of nitrogen functional groups attached to an aromatic ring is 1. The Labute approximate surface area is 92.9 Å². The molecule has 82 valence electrons. The topological polar surface area (TPSA) is 85.9 Å². The predicted molar refractivity (Wildman–Crippen MR) is 58.3 cm³/mol. The van der Waals surface area contributed by atoms with Crippen LogP contribution in [0.3, 0.4) is 0 Å². The lowest BCUT2D eigenvalue weighted by Gasteiger charge is -2.02.